The molecule has 1 N–H and O–H groups in total. The van der Waals surface area contributed by atoms with Crippen molar-refractivity contribution >= 4 is 50.1 Å². The molecular formula is C27H19BrIN3O6. The molecule has 0 amide bonds. The molecule has 3 aliphatic rings. The van der Waals surface area contributed by atoms with E-state index in [2.05, 4.69) is 15.9 Å². The third-order valence-electron chi connectivity index (χ3n) is 7.22. The molecule has 1 aliphatic heterocycles. The van der Waals surface area contributed by atoms with Crippen molar-refractivity contribution in [3.63, 3.8) is 0 Å². The number of fused-ring (bicyclic) bond motifs is 3. The molecule has 2 heterocycles. The fraction of sp³-hybridized carbons (Fsp3) is 0.185. The van der Waals surface area contributed by atoms with Crippen molar-refractivity contribution in [1.82, 2.24) is 13.9 Å². The first-order chi connectivity index (χ1) is 18.2. The third-order valence-corrected chi connectivity index (χ3v) is 8.62. The van der Waals surface area contributed by atoms with E-state index in [9.17, 15) is 24.3 Å². The first kappa shape index (κ1) is 24.9. The molecule has 0 spiro atoms. The van der Waals surface area contributed by atoms with Crippen LogP contribution in [-0.4, -0.2) is 37.7 Å². The van der Waals surface area contributed by atoms with Gasteiger partial charge < -0.3 is 9.84 Å². The maximum absolute atomic E-state index is 13.7. The summed E-state index contributed by atoms with van der Waals surface area (Å²) in [5, 5.41) is 10.4. The van der Waals surface area contributed by atoms with Crippen LogP contribution in [0.4, 0.5) is 0 Å². The predicted octanol–water partition coefficient (Wildman–Crippen LogP) is 3.71. The fourth-order valence-corrected chi connectivity index (χ4v) is 6.59. The molecule has 0 saturated carbocycles. The first-order valence-corrected chi connectivity index (χ1v) is 13.6. The minimum atomic E-state index is -0.694. The third kappa shape index (κ3) is 3.55. The Morgan fingerprint density at radius 2 is 1.82 bits per heavy atom. The van der Waals surface area contributed by atoms with E-state index in [0.717, 1.165) is 10.1 Å². The van der Waals surface area contributed by atoms with Gasteiger partial charge in [0.15, 0.2) is 23.1 Å². The molecule has 2 aromatic carbocycles. The minimum absolute atomic E-state index is 0.0944. The highest BCUT2D eigenvalue weighted by Crippen LogP contribution is 2.52. The Balaban J connectivity index is 1.61. The summed E-state index contributed by atoms with van der Waals surface area (Å²) < 4.78 is 9.91. The highest BCUT2D eigenvalue weighted by Gasteiger charge is 2.45. The summed E-state index contributed by atoms with van der Waals surface area (Å²) in [5.74, 6) is -1.15. The molecule has 9 nitrogen and oxygen atoms in total. The van der Waals surface area contributed by atoms with Crippen LogP contribution in [0.5, 0.6) is 11.5 Å². The Morgan fingerprint density at radius 1 is 1.08 bits per heavy atom. The van der Waals surface area contributed by atoms with Gasteiger partial charge in [0.25, 0.3) is 0 Å². The Bertz CT molecular complexity index is 1780. The van der Waals surface area contributed by atoms with Gasteiger partial charge in [0.2, 0.25) is 0 Å². The number of carbonyl (C=O) groups is 2. The largest absolute Gasteiger partial charge is 0.503 e. The molecule has 3 aromatic rings. The fourth-order valence-electron chi connectivity index (χ4n) is 5.56. The number of benzene rings is 2. The number of allylic oxidation sites excluding steroid dienone is 6. The van der Waals surface area contributed by atoms with Crippen LogP contribution < -0.4 is 16.1 Å². The van der Waals surface area contributed by atoms with Gasteiger partial charge in [-0.1, -0.05) is 24.3 Å². The molecule has 38 heavy (non-hydrogen) atoms. The SMILES string of the molecule is COc1cc([C@H]2C3=CCn4c(=O)n(-c5ccccc5)c(=O)n4[C@@H]3CC3=C2C(=O)C(I)=CC3=O)cc(Br)c1O. The topological polar surface area (TPSA) is 113 Å². The average Bonchev–Trinajstić information content (AvgIpc) is 3.17. The number of para-hydroxylation sites is 1. The number of rotatable bonds is 3. The predicted molar refractivity (Wildman–Crippen MR) is 150 cm³/mol. The lowest BCUT2D eigenvalue weighted by Crippen LogP contribution is -2.40. The van der Waals surface area contributed by atoms with Gasteiger partial charge in [-0.25, -0.2) is 23.5 Å². The highest BCUT2D eigenvalue weighted by atomic mass is 127. The van der Waals surface area contributed by atoms with E-state index in [4.69, 9.17) is 4.74 Å². The standard InChI is InChI=1S/C27H19BrIN3O6/c1-38-21-10-13(9-17(28)24(21)34)22-15-7-8-30-26(36)31(14-5-3-2-4-6-14)27(37)32(30)19(15)11-16-20(33)12-18(29)25(35)23(16)22/h2-7,9-10,12,19,22,34H,8,11H2,1H3/t19-,22+/m1/s1. The highest BCUT2D eigenvalue weighted by molar-refractivity contribution is 14.1. The van der Waals surface area contributed by atoms with Gasteiger partial charge in [-0.15, -0.1) is 0 Å². The lowest BCUT2D eigenvalue weighted by Gasteiger charge is -2.39. The van der Waals surface area contributed by atoms with Crippen LogP contribution in [0.25, 0.3) is 5.69 Å². The summed E-state index contributed by atoms with van der Waals surface area (Å²) in [6.45, 7) is 0.115. The molecule has 0 saturated heterocycles. The van der Waals surface area contributed by atoms with E-state index in [1.807, 2.05) is 28.7 Å². The van der Waals surface area contributed by atoms with Gasteiger partial charge in [0.1, 0.15) is 0 Å². The van der Waals surface area contributed by atoms with E-state index in [1.54, 1.807) is 42.5 Å². The normalized spacial score (nSPS) is 20.4. The van der Waals surface area contributed by atoms with Crippen molar-refractivity contribution in [1.29, 1.82) is 0 Å². The van der Waals surface area contributed by atoms with Crippen molar-refractivity contribution in [2.75, 3.05) is 7.11 Å². The van der Waals surface area contributed by atoms with Crippen LogP contribution in [0.3, 0.4) is 0 Å². The second-order valence-electron chi connectivity index (χ2n) is 9.15. The van der Waals surface area contributed by atoms with Gasteiger partial charge in [-0.3, -0.25) is 9.59 Å². The summed E-state index contributed by atoms with van der Waals surface area (Å²) in [6, 6.07) is 11.3. The molecule has 0 bridgehead atoms. The van der Waals surface area contributed by atoms with Crippen molar-refractivity contribution in [3.8, 4) is 17.2 Å². The number of carbonyl (C=O) groups excluding carboxylic acids is 2. The molecule has 0 unspecified atom stereocenters. The Hall–Kier alpha value is -3.45. The number of hydrogen-bond acceptors (Lipinski definition) is 6. The number of hydrogen-bond donors (Lipinski definition) is 1. The van der Waals surface area contributed by atoms with Crippen LogP contribution >= 0.6 is 38.5 Å². The van der Waals surface area contributed by atoms with Crippen molar-refractivity contribution in [2.24, 2.45) is 0 Å². The molecule has 1 aromatic heterocycles. The minimum Gasteiger partial charge on any atom is -0.503 e. The van der Waals surface area contributed by atoms with E-state index in [-0.39, 0.29) is 36.0 Å². The van der Waals surface area contributed by atoms with Gasteiger partial charge in [0.05, 0.1) is 33.4 Å². The maximum atomic E-state index is 13.7. The molecule has 2 aliphatic carbocycles. The number of ether oxygens (including phenoxy) is 1. The molecule has 2 atom stereocenters. The quantitative estimate of drug-likeness (QED) is 0.255. The zero-order valence-electron chi connectivity index (χ0n) is 19.9. The van der Waals surface area contributed by atoms with E-state index >= 15 is 0 Å². The number of phenols is 1. The average molecular weight is 688 g/mol. The summed E-state index contributed by atoms with van der Waals surface area (Å²) >= 11 is 5.23. The number of phenolic OH excluding ortho intramolecular Hbond substituents is 1. The number of halogens is 2. The smallest absolute Gasteiger partial charge is 0.352 e. The van der Waals surface area contributed by atoms with Gasteiger partial charge in [-0.2, -0.15) is 0 Å². The molecule has 0 fully saturated rings. The van der Waals surface area contributed by atoms with Crippen LogP contribution in [0.2, 0.25) is 0 Å². The van der Waals surface area contributed by atoms with E-state index in [0.29, 0.717) is 30.4 Å². The Kier molecular flexibility index (Phi) is 5.94. The van der Waals surface area contributed by atoms with Crippen molar-refractivity contribution < 1.29 is 19.4 Å². The van der Waals surface area contributed by atoms with Crippen molar-refractivity contribution in [3.05, 3.63) is 106 Å². The zero-order valence-corrected chi connectivity index (χ0v) is 23.6. The monoisotopic (exact) mass is 687 g/mol. The molecule has 192 valence electrons. The molecular weight excluding hydrogens is 669 g/mol. The number of aromatic hydroxyl groups is 1. The number of nitrogens with zero attached hydrogens (tertiary/aromatic N) is 3. The maximum Gasteiger partial charge on any atom is 0.352 e. The number of methoxy groups -OCH3 is 1. The van der Waals surface area contributed by atoms with Gasteiger partial charge >= 0.3 is 11.4 Å². The number of aromatic nitrogens is 3. The second kappa shape index (κ2) is 9.09. The molecule has 0 radical (unpaired) electrons. The first-order valence-electron chi connectivity index (χ1n) is 11.7. The van der Waals surface area contributed by atoms with Gasteiger partial charge in [-0.05, 0) is 73.9 Å². The Labute approximate surface area is 237 Å². The summed E-state index contributed by atoms with van der Waals surface area (Å²) in [7, 11) is 1.42. The van der Waals surface area contributed by atoms with Crippen LogP contribution in [0.15, 0.2) is 89.0 Å². The summed E-state index contributed by atoms with van der Waals surface area (Å²) in [5.41, 5.74) is 1.42. The van der Waals surface area contributed by atoms with Crippen LogP contribution in [0.1, 0.15) is 23.9 Å². The molecule has 11 heteroatoms. The Morgan fingerprint density at radius 3 is 2.53 bits per heavy atom. The van der Waals surface area contributed by atoms with Gasteiger partial charge in [0, 0.05) is 29.6 Å². The summed E-state index contributed by atoms with van der Waals surface area (Å²) in [6.07, 6.45) is 3.26. The van der Waals surface area contributed by atoms with Crippen LogP contribution in [-0.2, 0) is 16.1 Å². The zero-order chi connectivity index (χ0) is 26.9. The van der Waals surface area contributed by atoms with Crippen molar-refractivity contribution in [2.45, 2.75) is 24.9 Å². The lowest BCUT2D eigenvalue weighted by atomic mass is 9.69. The number of Topliss-reactive ketones (excluding diaryl/α,β-unsaturated/α-hetero) is 1. The van der Waals surface area contributed by atoms with E-state index in [1.165, 1.54) is 22.5 Å². The summed E-state index contributed by atoms with van der Waals surface area (Å²) in [4.78, 5) is 53.8. The van der Waals surface area contributed by atoms with E-state index < -0.39 is 23.3 Å². The number of ketones is 2. The lowest BCUT2D eigenvalue weighted by molar-refractivity contribution is -0.115. The van der Waals surface area contributed by atoms with Crippen LogP contribution in [0, 0.1) is 0 Å². The second-order valence-corrected chi connectivity index (χ2v) is 11.2. The molecule has 6 rings (SSSR count).